The molecule has 1 amide bonds. The summed E-state index contributed by atoms with van der Waals surface area (Å²) >= 11 is 11.6. The lowest BCUT2D eigenvalue weighted by atomic mass is 10.2. The van der Waals surface area contributed by atoms with Crippen molar-refractivity contribution in [1.29, 1.82) is 0 Å². The van der Waals surface area contributed by atoms with Gasteiger partial charge in [0.05, 0.1) is 15.7 Å². The molecule has 1 unspecified atom stereocenters. The minimum absolute atomic E-state index is 0.238. The zero-order chi connectivity index (χ0) is 13.0. The molecule has 0 aliphatic heterocycles. The highest BCUT2D eigenvalue weighted by Gasteiger charge is 2.10. The van der Waals surface area contributed by atoms with Crippen molar-refractivity contribution in [1.82, 2.24) is 5.32 Å². The molecule has 0 spiro atoms. The quantitative estimate of drug-likeness (QED) is 0.830. The van der Waals surface area contributed by atoms with Gasteiger partial charge in [-0.1, -0.05) is 23.2 Å². The number of carbonyl (C=O) groups excluding carboxylic acids is 1. The van der Waals surface area contributed by atoms with Crippen LogP contribution >= 0.6 is 23.2 Å². The van der Waals surface area contributed by atoms with Crippen molar-refractivity contribution in [3.63, 3.8) is 0 Å². The number of nitrogen functional groups attached to an aromatic ring is 1. The van der Waals surface area contributed by atoms with E-state index in [9.17, 15) is 9.00 Å². The first-order valence-electron chi connectivity index (χ1n) is 4.74. The fourth-order valence-corrected chi connectivity index (χ4v) is 2.00. The number of amides is 1. The van der Waals surface area contributed by atoms with Gasteiger partial charge < -0.3 is 11.1 Å². The molecule has 0 fully saturated rings. The second-order valence-electron chi connectivity index (χ2n) is 3.39. The maximum Gasteiger partial charge on any atom is 0.251 e. The summed E-state index contributed by atoms with van der Waals surface area (Å²) < 4.78 is 10.8. The lowest BCUT2D eigenvalue weighted by molar-refractivity contribution is 0.0956. The van der Waals surface area contributed by atoms with Crippen LogP contribution in [0.3, 0.4) is 0 Å². The molecule has 3 N–H and O–H groups in total. The molecule has 1 atom stereocenters. The molecule has 0 aliphatic carbocycles. The Hall–Kier alpha value is -0.780. The van der Waals surface area contributed by atoms with Crippen molar-refractivity contribution in [3.05, 3.63) is 27.7 Å². The normalized spacial score (nSPS) is 12.2. The Balaban J connectivity index is 2.73. The molecule has 1 rings (SSSR count). The van der Waals surface area contributed by atoms with Crippen LogP contribution in [0.15, 0.2) is 12.1 Å². The van der Waals surface area contributed by atoms with E-state index in [0.717, 1.165) is 0 Å². The average molecular weight is 295 g/mol. The van der Waals surface area contributed by atoms with E-state index in [1.807, 2.05) is 0 Å². The molecule has 0 saturated carbocycles. The van der Waals surface area contributed by atoms with Gasteiger partial charge in [-0.05, 0) is 12.1 Å². The zero-order valence-corrected chi connectivity index (χ0v) is 11.5. The number of rotatable bonds is 4. The summed E-state index contributed by atoms with van der Waals surface area (Å²) in [6.07, 6.45) is 1.57. The van der Waals surface area contributed by atoms with Crippen LogP contribution in [-0.2, 0) is 10.8 Å². The second-order valence-corrected chi connectivity index (χ2v) is 5.76. The van der Waals surface area contributed by atoms with Gasteiger partial charge in [-0.25, -0.2) is 0 Å². The standard InChI is InChI=1S/C10H12Cl2N2O2S/c1-17(16)3-2-14-10(15)6-4-7(11)9(13)8(12)5-6/h4-5H,2-3,13H2,1H3,(H,14,15). The minimum atomic E-state index is -0.938. The third-order valence-electron chi connectivity index (χ3n) is 2.02. The van der Waals surface area contributed by atoms with Crippen LogP contribution in [0.1, 0.15) is 10.4 Å². The Morgan fingerprint density at radius 2 is 1.94 bits per heavy atom. The largest absolute Gasteiger partial charge is 0.396 e. The SMILES string of the molecule is CS(=O)CCNC(=O)c1cc(Cl)c(N)c(Cl)c1. The number of halogens is 2. The predicted octanol–water partition coefficient (Wildman–Crippen LogP) is 1.68. The van der Waals surface area contributed by atoms with Gasteiger partial charge in [0.2, 0.25) is 0 Å². The van der Waals surface area contributed by atoms with Crippen molar-refractivity contribution >= 4 is 45.6 Å². The first-order valence-corrected chi connectivity index (χ1v) is 7.23. The summed E-state index contributed by atoms with van der Waals surface area (Å²) in [5.41, 5.74) is 6.13. The third kappa shape index (κ3) is 4.18. The van der Waals surface area contributed by atoms with Crippen LogP contribution in [-0.4, -0.2) is 28.7 Å². The smallest absolute Gasteiger partial charge is 0.251 e. The molecule has 0 bridgehead atoms. The molecule has 0 aliphatic rings. The van der Waals surface area contributed by atoms with E-state index in [2.05, 4.69) is 5.32 Å². The Kier molecular flexibility index (Phi) is 5.24. The molecular weight excluding hydrogens is 283 g/mol. The number of anilines is 1. The van der Waals surface area contributed by atoms with Gasteiger partial charge in [0.1, 0.15) is 0 Å². The third-order valence-corrected chi connectivity index (χ3v) is 3.42. The van der Waals surface area contributed by atoms with Crippen LogP contribution in [0, 0.1) is 0 Å². The van der Waals surface area contributed by atoms with E-state index in [4.69, 9.17) is 28.9 Å². The fourth-order valence-electron chi connectivity index (χ4n) is 1.13. The molecule has 94 valence electrons. The fraction of sp³-hybridized carbons (Fsp3) is 0.300. The summed E-state index contributed by atoms with van der Waals surface area (Å²) in [7, 11) is -0.938. The van der Waals surface area contributed by atoms with Crippen LogP contribution in [0.25, 0.3) is 0 Å². The number of benzene rings is 1. The number of nitrogens with one attached hydrogen (secondary N) is 1. The van der Waals surface area contributed by atoms with E-state index in [1.54, 1.807) is 6.26 Å². The number of hydrogen-bond donors (Lipinski definition) is 2. The van der Waals surface area contributed by atoms with Crippen LogP contribution in [0.5, 0.6) is 0 Å². The van der Waals surface area contributed by atoms with Crippen molar-refractivity contribution in [2.45, 2.75) is 0 Å². The van der Waals surface area contributed by atoms with Crippen molar-refractivity contribution in [3.8, 4) is 0 Å². The molecule has 0 aromatic heterocycles. The van der Waals surface area contributed by atoms with Crippen LogP contribution < -0.4 is 11.1 Å². The Labute approximate surface area is 112 Å². The van der Waals surface area contributed by atoms with Gasteiger partial charge in [0, 0.05) is 34.9 Å². The topological polar surface area (TPSA) is 72.2 Å². The molecule has 7 heteroatoms. The van der Waals surface area contributed by atoms with Crippen molar-refractivity contribution in [2.24, 2.45) is 0 Å². The molecule has 1 aromatic rings. The van der Waals surface area contributed by atoms with Gasteiger partial charge >= 0.3 is 0 Å². The van der Waals surface area contributed by atoms with Crippen molar-refractivity contribution in [2.75, 3.05) is 24.3 Å². The first-order chi connectivity index (χ1) is 7.91. The predicted molar refractivity (Wildman–Crippen MR) is 72.1 cm³/mol. The van der Waals surface area contributed by atoms with Gasteiger partial charge in [-0.15, -0.1) is 0 Å². The number of nitrogens with two attached hydrogens (primary N) is 1. The number of carbonyl (C=O) groups is 1. The van der Waals surface area contributed by atoms with E-state index >= 15 is 0 Å². The lowest BCUT2D eigenvalue weighted by Gasteiger charge is -2.07. The van der Waals surface area contributed by atoms with E-state index in [1.165, 1.54) is 12.1 Å². The van der Waals surface area contributed by atoms with Gasteiger partial charge in [-0.2, -0.15) is 0 Å². The summed E-state index contributed by atoms with van der Waals surface area (Å²) in [6.45, 7) is 0.335. The summed E-state index contributed by atoms with van der Waals surface area (Å²) in [6, 6.07) is 2.89. The molecule has 17 heavy (non-hydrogen) atoms. The maximum atomic E-state index is 11.7. The minimum Gasteiger partial charge on any atom is -0.396 e. The lowest BCUT2D eigenvalue weighted by Crippen LogP contribution is -2.27. The van der Waals surface area contributed by atoms with Gasteiger partial charge in [-0.3, -0.25) is 9.00 Å². The molecule has 0 saturated heterocycles. The maximum absolute atomic E-state index is 11.7. The van der Waals surface area contributed by atoms with Crippen LogP contribution in [0.4, 0.5) is 5.69 Å². The summed E-state index contributed by atoms with van der Waals surface area (Å²) in [5, 5.41) is 3.09. The Morgan fingerprint density at radius 1 is 1.41 bits per heavy atom. The highest BCUT2D eigenvalue weighted by molar-refractivity contribution is 7.84. The second kappa shape index (κ2) is 6.23. The van der Waals surface area contributed by atoms with E-state index in [-0.39, 0.29) is 21.6 Å². The highest BCUT2D eigenvalue weighted by atomic mass is 35.5. The van der Waals surface area contributed by atoms with Gasteiger partial charge in [0.25, 0.3) is 5.91 Å². The molecule has 0 heterocycles. The summed E-state index contributed by atoms with van der Waals surface area (Å²) in [5.74, 6) is 0.0848. The molecule has 0 radical (unpaired) electrons. The number of hydrogen-bond acceptors (Lipinski definition) is 3. The summed E-state index contributed by atoms with van der Waals surface area (Å²) in [4.78, 5) is 11.7. The van der Waals surface area contributed by atoms with Gasteiger partial charge in [0.15, 0.2) is 0 Å². The van der Waals surface area contributed by atoms with E-state index < -0.39 is 10.8 Å². The van der Waals surface area contributed by atoms with Crippen LogP contribution in [0.2, 0.25) is 10.0 Å². The first kappa shape index (κ1) is 14.3. The van der Waals surface area contributed by atoms with E-state index in [0.29, 0.717) is 17.9 Å². The monoisotopic (exact) mass is 294 g/mol. The molecule has 4 nitrogen and oxygen atoms in total. The Bertz CT molecular complexity index is 443. The zero-order valence-electron chi connectivity index (χ0n) is 9.13. The molecular formula is C10H12Cl2N2O2S. The Morgan fingerprint density at radius 3 is 2.41 bits per heavy atom. The average Bonchev–Trinajstić information content (AvgIpc) is 2.24. The molecule has 1 aromatic carbocycles. The van der Waals surface area contributed by atoms with Crippen molar-refractivity contribution < 1.29 is 9.00 Å². The highest BCUT2D eigenvalue weighted by Crippen LogP contribution is 2.28.